The summed E-state index contributed by atoms with van der Waals surface area (Å²) >= 11 is 0. The molecular formula is C15H20O7. The summed E-state index contributed by atoms with van der Waals surface area (Å²) in [4.78, 5) is 11.8. The van der Waals surface area contributed by atoms with Crippen LogP contribution in [0.25, 0.3) is 0 Å². The number of rotatable bonds is 5. The van der Waals surface area contributed by atoms with Gasteiger partial charge in [-0.15, -0.1) is 0 Å². The fraction of sp³-hybridized carbons (Fsp3) is 0.533. The number of carbonyl (C=O) groups is 1. The Labute approximate surface area is 127 Å². The molecule has 0 aromatic heterocycles. The van der Waals surface area contributed by atoms with E-state index < -0.39 is 43.3 Å². The molecule has 1 heterocycles. The Hall–Kier alpha value is -1.51. The molecule has 0 saturated carbocycles. The van der Waals surface area contributed by atoms with Gasteiger partial charge >= 0.3 is 5.97 Å². The van der Waals surface area contributed by atoms with Crippen LogP contribution in [0.1, 0.15) is 12.0 Å². The summed E-state index contributed by atoms with van der Waals surface area (Å²) in [7, 11) is 0. The van der Waals surface area contributed by atoms with Gasteiger partial charge < -0.3 is 29.9 Å². The number of hydrogen-bond acceptors (Lipinski definition) is 7. The zero-order valence-corrected chi connectivity index (χ0v) is 11.9. The monoisotopic (exact) mass is 312 g/mol. The maximum absolute atomic E-state index is 11.8. The number of carbonyl (C=O) groups excluding carboxylic acids is 1. The van der Waals surface area contributed by atoms with Gasteiger partial charge in [-0.2, -0.15) is 0 Å². The standard InChI is InChI=1S/C15H20O7/c16-8-10-12(18)13(19)14(20)15(21-10)22-11(17)7-6-9-4-2-1-3-5-9/h1-5,10,12-16,18-20H,6-8H2/t10-,12-,13+,14-,15+/m1/s1. The molecule has 0 aliphatic carbocycles. The van der Waals surface area contributed by atoms with Crippen LogP contribution in [-0.2, 0) is 20.7 Å². The lowest BCUT2D eigenvalue weighted by atomic mass is 9.99. The molecule has 0 spiro atoms. The summed E-state index contributed by atoms with van der Waals surface area (Å²) < 4.78 is 10.1. The summed E-state index contributed by atoms with van der Waals surface area (Å²) in [6.45, 7) is -0.566. The van der Waals surface area contributed by atoms with Gasteiger partial charge in [-0.1, -0.05) is 30.3 Å². The molecule has 122 valence electrons. The number of aliphatic hydroxyl groups is 4. The van der Waals surface area contributed by atoms with Crippen molar-refractivity contribution in [2.75, 3.05) is 6.61 Å². The van der Waals surface area contributed by atoms with E-state index >= 15 is 0 Å². The van der Waals surface area contributed by atoms with E-state index in [2.05, 4.69) is 0 Å². The minimum Gasteiger partial charge on any atom is -0.433 e. The highest BCUT2D eigenvalue weighted by molar-refractivity contribution is 5.69. The Balaban J connectivity index is 1.87. The summed E-state index contributed by atoms with van der Waals surface area (Å²) in [6.07, 6.45) is -6.56. The largest absolute Gasteiger partial charge is 0.433 e. The van der Waals surface area contributed by atoms with Crippen LogP contribution < -0.4 is 0 Å². The number of aliphatic hydroxyl groups excluding tert-OH is 4. The minimum absolute atomic E-state index is 0.0824. The van der Waals surface area contributed by atoms with Crippen molar-refractivity contribution in [2.24, 2.45) is 0 Å². The van der Waals surface area contributed by atoms with Crippen LogP contribution in [0.2, 0.25) is 0 Å². The topological polar surface area (TPSA) is 116 Å². The van der Waals surface area contributed by atoms with E-state index in [1.807, 2.05) is 30.3 Å². The van der Waals surface area contributed by atoms with E-state index in [4.69, 9.17) is 14.6 Å². The minimum atomic E-state index is -1.57. The third kappa shape index (κ3) is 4.02. The van der Waals surface area contributed by atoms with Crippen molar-refractivity contribution in [1.82, 2.24) is 0 Å². The van der Waals surface area contributed by atoms with Gasteiger partial charge in [0.25, 0.3) is 0 Å². The van der Waals surface area contributed by atoms with Gasteiger partial charge in [0.1, 0.15) is 24.4 Å². The zero-order valence-electron chi connectivity index (χ0n) is 11.9. The predicted octanol–water partition coefficient (Wildman–Crippen LogP) is -1.04. The Bertz CT molecular complexity index is 476. The summed E-state index contributed by atoms with van der Waals surface area (Å²) in [5.41, 5.74) is 0.966. The predicted molar refractivity (Wildman–Crippen MR) is 74.6 cm³/mol. The van der Waals surface area contributed by atoms with E-state index in [-0.39, 0.29) is 6.42 Å². The van der Waals surface area contributed by atoms with Crippen molar-refractivity contribution in [2.45, 2.75) is 43.5 Å². The average molecular weight is 312 g/mol. The van der Waals surface area contributed by atoms with Crippen LogP contribution in [0, 0.1) is 0 Å². The second-order valence-corrected chi connectivity index (χ2v) is 5.17. The fourth-order valence-corrected chi connectivity index (χ4v) is 2.24. The molecule has 0 unspecified atom stereocenters. The lowest BCUT2D eigenvalue weighted by Gasteiger charge is -2.39. The highest BCUT2D eigenvalue weighted by Crippen LogP contribution is 2.22. The van der Waals surface area contributed by atoms with Crippen LogP contribution in [0.15, 0.2) is 30.3 Å². The van der Waals surface area contributed by atoms with E-state index in [9.17, 15) is 20.1 Å². The number of esters is 1. The number of hydrogen-bond donors (Lipinski definition) is 4. The number of ether oxygens (including phenoxy) is 2. The van der Waals surface area contributed by atoms with Crippen LogP contribution in [-0.4, -0.2) is 63.7 Å². The van der Waals surface area contributed by atoms with Gasteiger partial charge in [-0.05, 0) is 12.0 Å². The van der Waals surface area contributed by atoms with Crippen molar-refractivity contribution < 1.29 is 34.7 Å². The molecule has 4 N–H and O–H groups in total. The van der Waals surface area contributed by atoms with Gasteiger partial charge in [0.2, 0.25) is 6.29 Å². The van der Waals surface area contributed by atoms with Crippen LogP contribution >= 0.6 is 0 Å². The van der Waals surface area contributed by atoms with Crippen molar-refractivity contribution in [3.63, 3.8) is 0 Å². The molecule has 7 heteroatoms. The first-order valence-corrected chi connectivity index (χ1v) is 7.07. The molecule has 7 nitrogen and oxygen atoms in total. The smallest absolute Gasteiger partial charge is 0.308 e. The molecule has 1 aromatic carbocycles. The number of benzene rings is 1. The lowest BCUT2D eigenvalue weighted by Crippen LogP contribution is -2.59. The maximum Gasteiger partial charge on any atom is 0.308 e. The molecule has 0 amide bonds. The molecule has 1 aromatic rings. The molecule has 1 saturated heterocycles. The first kappa shape index (κ1) is 16.9. The highest BCUT2D eigenvalue weighted by Gasteiger charge is 2.45. The maximum atomic E-state index is 11.8. The summed E-state index contributed by atoms with van der Waals surface area (Å²) in [6, 6.07) is 9.34. The van der Waals surface area contributed by atoms with Crippen molar-refractivity contribution in [3.8, 4) is 0 Å². The summed E-state index contributed by atoms with van der Waals surface area (Å²) in [5, 5.41) is 38.0. The molecular weight excluding hydrogens is 292 g/mol. The van der Waals surface area contributed by atoms with Gasteiger partial charge in [0.05, 0.1) is 6.61 Å². The Morgan fingerprint density at radius 2 is 1.77 bits per heavy atom. The van der Waals surface area contributed by atoms with Gasteiger partial charge in [-0.3, -0.25) is 4.79 Å². The highest BCUT2D eigenvalue weighted by atomic mass is 16.7. The van der Waals surface area contributed by atoms with E-state index in [0.717, 1.165) is 5.56 Å². The molecule has 1 aliphatic rings. The Kier molecular flexibility index (Phi) is 5.87. The number of aryl methyl sites for hydroxylation is 1. The molecule has 0 radical (unpaired) electrons. The first-order chi connectivity index (χ1) is 10.5. The second-order valence-electron chi connectivity index (χ2n) is 5.17. The Morgan fingerprint density at radius 3 is 2.41 bits per heavy atom. The fourth-order valence-electron chi connectivity index (χ4n) is 2.24. The van der Waals surface area contributed by atoms with Crippen molar-refractivity contribution >= 4 is 5.97 Å². The normalized spacial score (nSPS) is 31.7. The molecule has 5 atom stereocenters. The first-order valence-electron chi connectivity index (χ1n) is 7.07. The Morgan fingerprint density at radius 1 is 1.09 bits per heavy atom. The van der Waals surface area contributed by atoms with Crippen molar-refractivity contribution in [3.05, 3.63) is 35.9 Å². The molecule has 2 rings (SSSR count). The van der Waals surface area contributed by atoms with Crippen molar-refractivity contribution in [1.29, 1.82) is 0 Å². The molecule has 0 bridgehead atoms. The molecule has 1 aliphatic heterocycles. The second kappa shape index (κ2) is 7.66. The SMILES string of the molecule is O=C(CCc1ccccc1)O[C@@H]1O[C@H](CO)[C@@H](O)[C@H](O)[C@H]1O. The van der Waals surface area contributed by atoms with Gasteiger partial charge in [0, 0.05) is 6.42 Å². The summed E-state index contributed by atoms with van der Waals surface area (Å²) in [5.74, 6) is -0.604. The van der Waals surface area contributed by atoms with Crippen LogP contribution in [0.3, 0.4) is 0 Å². The molecule has 22 heavy (non-hydrogen) atoms. The lowest BCUT2D eigenvalue weighted by molar-refractivity contribution is -0.292. The van der Waals surface area contributed by atoms with E-state index in [1.165, 1.54) is 0 Å². The molecule has 1 fully saturated rings. The van der Waals surface area contributed by atoms with Gasteiger partial charge in [0.15, 0.2) is 0 Å². The van der Waals surface area contributed by atoms with Crippen LogP contribution in [0.4, 0.5) is 0 Å². The van der Waals surface area contributed by atoms with E-state index in [1.54, 1.807) is 0 Å². The van der Waals surface area contributed by atoms with Gasteiger partial charge in [-0.25, -0.2) is 0 Å². The third-order valence-corrected chi connectivity index (χ3v) is 3.56. The zero-order chi connectivity index (χ0) is 16.1. The quantitative estimate of drug-likeness (QED) is 0.513. The average Bonchev–Trinajstić information content (AvgIpc) is 2.54. The van der Waals surface area contributed by atoms with E-state index in [0.29, 0.717) is 6.42 Å². The third-order valence-electron chi connectivity index (χ3n) is 3.56. The van der Waals surface area contributed by atoms with Crippen LogP contribution in [0.5, 0.6) is 0 Å².